The number of halogens is 3. The molecular weight excluding hydrogens is 421 g/mol. The van der Waals surface area contributed by atoms with Gasteiger partial charge in [-0.15, -0.1) is 0 Å². The second kappa shape index (κ2) is 7.39. The van der Waals surface area contributed by atoms with Crippen molar-refractivity contribution in [2.75, 3.05) is 0 Å². The van der Waals surface area contributed by atoms with Crippen molar-refractivity contribution in [1.29, 1.82) is 0 Å². The summed E-state index contributed by atoms with van der Waals surface area (Å²) in [5.74, 6) is -0.0805. The first kappa shape index (κ1) is 20.6. The summed E-state index contributed by atoms with van der Waals surface area (Å²) in [4.78, 5) is 28.2. The number of aryl methyl sites for hydroxylation is 2. The maximum atomic E-state index is 13.8. The van der Waals surface area contributed by atoms with Crippen molar-refractivity contribution >= 4 is 5.91 Å². The molecule has 1 N–H and O–H groups in total. The summed E-state index contributed by atoms with van der Waals surface area (Å²) in [6.45, 7) is 3.05. The molecule has 3 aromatic rings. The van der Waals surface area contributed by atoms with Crippen molar-refractivity contribution in [1.82, 2.24) is 30.0 Å². The maximum absolute atomic E-state index is 13.8. The molecule has 2 atom stereocenters. The minimum Gasteiger partial charge on any atom is -0.327 e. The number of alkyl halides is 3. The Morgan fingerprint density at radius 1 is 1.16 bits per heavy atom. The normalized spacial score (nSPS) is 20.2. The molecule has 0 saturated carbocycles. The third-order valence-electron chi connectivity index (χ3n) is 6.30. The molecule has 5 rings (SSSR count). The van der Waals surface area contributed by atoms with Crippen LogP contribution in [0.25, 0.3) is 11.4 Å². The van der Waals surface area contributed by atoms with Crippen molar-refractivity contribution in [3.8, 4) is 11.4 Å². The molecule has 5 heterocycles. The number of hydrogen-bond donors (Lipinski definition) is 1. The van der Waals surface area contributed by atoms with E-state index in [1.165, 1.54) is 19.2 Å². The summed E-state index contributed by atoms with van der Waals surface area (Å²) in [7, 11) is 0. The van der Waals surface area contributed by atoms with Gasteiger partial charge < -0.3 is 4.90 Å². The number of piperidine rings is 1. The van der Waals surface area contributed by atoms with Gasteiger partial charge in [0.05, 0.1) is 39.9 Å². The van der Waals surface area contributed by atoms with Gasteiger partial charge in [0.1, 0.15) is 5.82 Å². The van der Waals surface area contributed by atoms with Gasteiger partial charge in [-0.3, -0.25) is 14.9 Å². The Bertz CT molecular complexity index is 1190. The predicted octanol–water partition coefficient (Wildman–Crippen LogP) is 4.19. The number of aromatic nitrogens is 5. The van der Waals surface area contributed by atoms with Crippen LogP contribution < -0.4 is 0 Å². The van der Waals surface area contributed by atoms with Crippen LogP contribution in [0.5, 0.6) is 0 Å². The number of carbonyl (C=O) groups is 1. The number of nitrogens with zero attached hydrogens (tertiary/aromatic N) is 5. The molecule has 7 nitrogen and oxygen atoms in total. The average molecular weight is 442 g/mol. The third kappa shape index (κ3) is 3.25. The lowest BCUT2D eigenvalue weighted by atomic mass is 9.81. The van der Waals surface area contributed by atoms with Crippen LogP contribution in [0, 0.1) is 13.8 Å². The molecule has 0 aliphatic carbocycles. The monoisotopic (exact) mass is 442 g/mol. The molecule has 32 heavy (non-hydrogen) atoms. The number of H-pyrrole nitrogens is 1. The second-order valence-corrected chi connectivity index (χ2v) is 8.29. The van der Waals surface area contributed by atoms with E-state index in [9.17, 15) is 18.0 Å². The van der Waals surface area contributed by atoms with Gasteiger partial charge in [-0.25, -0.2) is 9.97 Å². The lowest BCUT2D eigenvalue weighted by Gasteiger charge is -2.46. The van der Waals surface area contributed by atoms with Gasteiger partial charge in [0.2, 0.25) is 0 Å². The molecule has 0 aromatic carbocycles. The topological polar surface area (TPSA) is 87.7 Å². The first-order chi connectivity index (χ1) is 15.3. The Balaban J connectivity index is 1.63. The lowest BCUT2D eigenvalue weighted by molar-refractivity contribution is -0.138. The molecule has 0 unspecified atom stereocenters. The fourth-order valence-electron chi connectivity index (χ4n) is 5.04. The number of fused-ring (bicyclic) bond motifs is 4. The van der Waals surface area contributed by atoms with Crippen LogP contribution in [-0.2, 0) is 12.6 Å². The van der Waals surface area contributed by atoms with E-state index in [1.807, 2.05) is 6.07 Å². The van der Waals surface area contributed by atoms with E-state index >= 15 is 0 Å². The van der Waals surface area contributed by atoms with Gasteiger partial charge in [0.25, 0.3) is 5.91 Å². The van der Waals surface area contributed by atoms with Crippen LogP contribution in [0.15, 0.2) is 24.5 Å². The summed E-state index contributed by atoms with van der Waals surface area (Å²) >= 11 is 0. The number of amides is 1. The van der Waals surface area contributed by atoms with E-state index in [0.717, 1.165) is 23.4 Å². The highest BCUT2D eigenvalue weighted by Gasteiger charge is 2.45. The van der Waals surface area contributed by atoms with Crippen molar-refractivity contribution in [2.24, 2.45) is 0 Å². The van der Waals surface area contributed by atoms with Crippen molar-refractivity contribution in [3.63, 3.8) is 0 Å². The third-order valence-corrected chi connectivity index (χ3v) is 6.30. The Hall–Kier alpha value is -3.30. The highest BCUT2D eigenvalue weighted by molar-refractivity contribution is 5.97. The fraction of sp³-hybridized carbons (Fsp3) is 0.409. The molecule has 2 aliphatic heterocycles. The minimum absolute atomic E-state index is 0.203. The molecule has 0 radical (unpaired) electrons. The number of hydrogen-bond acceptors (Lipinski definition) is 5. The van der Waals surface area contributed by atoms with E-state index in [1.54, 1.807) is 18.0 Å². The van der Waals surface area contributed by atoms with Crippen LogP contribution in [0.2, 0.25) is 0 Å². The summed E-state index contributed by atoms with van der Waals surface area (Å²) in [5, 5.41) is 6.94. The van der Waals surface area contributed by atoms with Gasteiger partial charge in [-0.2, -0.15) is 18.3 Å². The molecule has 1 fully saturated rings. The molecule has 0 spiro atoms. The van der Waals surface area contributed by atoms with Crippen molar-refractivity contribution < 1.29 is 18.0 Å². The Kier molecular flexibility index (Phi) is 4.75. The zero-order valence-electron chi connectivity index (χ0n) is 17.6. The molecule has 2 aliphatic rings. The van der Waals surface area contributed by atoms with E-state index < -0.39 is 23.7 Å². The largest absolute Gasteiger partial charge is 0.418 e. The molecular formula is C22H21F3N6O. The zero-order valence-corrected chi connectivity index (χ0v) is 17.6. The predicted molar refractivity (Wildman–Crippen MR) is 109 cm³/mol. The highest BCUT2D eigenvalue weighted by atomic mass is 19.4. The standard InChI is InChI=1S/C22H21F3N6O/c1-11-18(22(23,24)25)14(6-8-26-11)21(32)31-13-4-3-5-17(31)20-15(10-13)19(28-12(2)29-20)16-7-9-27-30-16/h6-9,13,17H,3-5,10H2,1-2H3,(H,27,30)/t13-,17+/m0/s1. The van der Waals surface area contributed by atoms with Gasteiger partial charge in [0.15, 0.2) is 0 Å². The lowest BCUT2D eigenvalue weighted by Crippen LogP contribution is -2.51. The van der Waals surface area contributed by atoms with Crippen LogP contribution in [0.3, 0.4) is 0 Å². The molecule has 2 bridgehead atoms. The van der Waals surface area contributed by atoms with Crippen LogP contribution in [0.4, 0.5) is 13.2 Å². The van der Waals surface area contributed by atoms with Crippen molar-refractivity contribution in [3.05, 3.63) is 58.4 Å². The Labute approximate surface area is 182 Å². The number of nitrogens with one attached hydrogen (secondary N) is 1. The number of rotatable bonds is 2. The van der Waals surface area contributed by atoms with Crippen LogP contribution in [-0.4, -0.2) is 42.0 Å². The number of pyridine rings is 1. The number of carbonyl (C=O) groups excluding carboxylic acids is 1. The molecule has 1 amide bonds. The average Bonchev–Trinajstić information content (AvgIpc) is 3.27. The van der Waals surface area contributed by atoms with Crippen molar-refractivity contribution in [2.45, 2.75) is 57.8 Å². The Morgan fingerprint density at radius 3 is 2.69 bits per heavy atom. The van der Waals surface area contributed by atoms with E-state index in [4.69, 9.17) is 0 Å². The molecule has 3 aromatic heterocycles. The highest BCUT2D eigenvalue weighted by Crippen LogP contribution is 2.45. The smallest absolute Gasteiger partial charge is 0.327 e. The van der Waals surface area contributed by atoms with Crippen LogP contribution in [0.1, 0.15) is 64.0 Å². The first-order valence-corrected chi connectivity index (χ1v) is 10.5. The molecule has 1 saturated heterocycles. The maximum Gasteiger partial charge on any atom is 0.418 e. The summed E-state index contributed by atoms with van der Waals surface area (Å²) in [6.07, 6.45) is 0.943. The van der Waals surface area contributed by atoms with E-state index in [0.29, 0.717) is 30.8 Å². The van der Waals surface area contributed by atoms with Gasteiger partial charge in [-0.05, 0) is 51.7 Å². The van der Waals surface area contributed by atoms with E-state index in [-0.39, 0.29) is 17.3 Å². The zero-order chi connectivity index (χ0) is 22.6. The van der Waals surface area contributed by atoms with Crippen LogP contribution >= 0.6 is 0 Å². The fourth-order valence-corrected chi connectivity index (χ4v) is 5.04. The quantitative estimate of drug-likeness (QED) is 0.643. The summed E-state index contributed by atoms with van der Waals surface area (Å²) < 4.78 is 41.4. The first-order valence-electron chi connectivity index (χ1n) is 10.5. The van der Waals surface area contributed by atoms with E-state index in [2.05, 4.69) is 25.1 Å². The SMILES string of the molecule is Cc1nc(-c2ccn[nH]2)c2c(n1)[C@H]1CCC[C@@H](C2)N1C(=O)c1ccnc(C)c1C(F)(F)F. The summed E-state index contributed by atoms with van der Waals surface area (Å²) in [6, 6.07) is 2.37. The Morgan fingerprint density at radius 2 is 1.97 bits per heavy atom. The second-order valence-electron chi connectivity index (χ2n) is 8.29. The molecule has 166 valence electrons. The number of aromatic amines is 1. The minimum atomic E-state index is -4.67. The van der Waals surface area contributed by atoms with Gasteiger partial charge >= 0.3 is 6.18 Å². The van der Waals surface area contributed by atoms with Gasteiger partial charge in [0, 0.05) is 24.0 Å². The van der Waals surface area contributed by atoms with Gasteiger partial charge in [-0.1, -0.05) is 0 Å². The summed E-state index contributed by atoms with van der Waals surface area (Å²) in [5.41, 5.74) is 1.62. The molecule has 10 heteroatoms.